The molecule has 2 aliphatic heterocycles. The molecule has 1 aromatic carbocycles. The first kappa shape index (κ1) is 20.4. The molecular weight excluding hydrogens is 390 g/mol. The van der Waals surface area contributed by atoms with E-state index in [9.17, 15) is 4.79 Å². The Labute approximate surface area is 184 Å². The van der Waals surface area contributed by atoms with Crippen molar-refractivity contribution in [2.24, 2.45) is 0 Å². The van der Waals surface area contributed by atoms with Crippen molar-refractivity contribution in [3.63, 3.8) is 0 Å². The molecule has 0 spiro atoms. The lowest BCUT2D eigenvalue weighted by Gasteiger charge is -2.43. The number of nitrogens with zero attached hydrogens (tertiary/aromatic N) is 5. The van der Waals surface area contributed by atoms with Crippen molar-refractivity contribution in [2.75, 3.05) is 46.4 Å². The van der Waals surface area contributed by atoms with E-state index in [2.05, 4.69) is 14.8 Å². The number of fused-ring (bicyclic) bond motifs is 1. The minimum atomic E-state index is 0.257. The van der Waals surface area contributed by atoms with E-state index in [-0.39, 0.29) is 5.91 Å². The summed E-state index contributed by atoms with van der Waals surface area (Å²) in [5, 5.41) is 0. The molecule has 1 amide bonds. The number of hydrogen-bond acceptors (Lipinski definition) is 6. The molecule has 0 radical (unpaired) electrons. The van der Waals surface area contributed by atoms with Crippen molar-refractivity contribution in [3.8, 4) is 17.1 Å². The van der Waals surface area contributed by atoms with E-state index in [1.165, 1.54) is 19.3 Å². The third-order valence-corrected chi connectivity index (χ3v) is 6.98. The first-order chi connectivity index (χ1) is 15.2. The van der Waals surface area contributed by atoms with Crippen LogP contribution in [0, 0.1) is 0 Å². The van der Waals surface area contributed by atoms with Gasteiger partial charge in [-0.3, -0.25) is 14.6 Å². The fourth-order valence-corrected chi connectivity index (χ4v) is 4.77. The van der Waals surface area contributed by atoms with Crippen LogP contribution in [0.5, 0.6) is 5.75 Å². The number of benzene rings is 1. The highest BCUT2D eigenvalue weighted by Crippen LogP contribution is 2.26. The Morgan fingerprint density at radius 1 is 1.10 bits per heavy atom. The molecule has 7 heteroatoms. The van der Waals surface area contributed by atoms with Gasteiger partial charge in [0.2, 0.25) is 5.91 Å². The molecule has 0 bridgehead atoms. The van der Waals surface area contributed by atoms with Crippen LogP contribution < -0.4 is 4.74 Å². The largest absolute Gasteiger partial charge is 0.497 e. The van der Waals surface area contributed by atoms with Crippen LogP contribution in [0.3, 0.4) is 0 Å². The van der Waals surface area contributed by atoms with Gasteiger partial charge >= 0.3 is 0 Å². The Balaban J connectivity index is 1.16. The number of rotatable bonds is 5. The SMILES string of the molecule is COc1ccc(-c2ncc3c(n2)CCN(CC(=O)N2CCN(C4CCC4)CC2)C3)cc1. The number of ether oxygens (including phenoxy) is 1. The summed E-state index contributed by atoms with van der Waals surface area (Å²) in [4.78, 5) is 29.1. The maximum atomic E-state index is 12.9. The van der Waals surface area contributed by atoms with E-state index in [1.807, 2.05) is 35.4 Å². The van der Waals surface area contributed by atoms with E-state index in [0.717, 1.165) is 80.1 Å². The molecule has 1 aromatic heterocycles. The van der Waals surface area contributed by atoms with E-state index >= 15 is 0 Å². The molecule has 7 nitrogen and oxygen atoms in total. The summed E-state index contributed by atoms with van der Waals surface area (Å²) in [7, 11) is 1.66. The standard InChI is InChI=1S/C24H31N5O2/c1-31-21-7-5-18(6-8-21)24-25-15-19-16-27(10-9-22(19)26-24)17-23(30)29-13-11-28(12-14-29)20-3-2-4-20/h5-8,15,20H,2-4,9-14,16-17H2,1H3. The minimum absolute atomic E-state index is 0.257. The Morgan fingerprint density at radius 3 is 2.55 bits per heavy atom. The van der Waals surface area contributed by atoms with Crippen LogP contribution in [0.25, 0.3) is 11.4 Å². The number of carbonyl (C=O) groups is 1. The minimum Gasteiger partial charge on any atom is -0.497 e. The molecule has 1 saturated heterocycles. The molecule has 0 N–H and O–H groups in total. The van der Waals surface area contributed by atoms with Gasteiger partial charge < -0.3 is 9.64 Å². The number of aromatic nitrogens is 2. The molecule has 1 aliphatic carbocycles. The summed E-state index contributed by atoms with van der Waals surface area (Å²) in [5.41, 5.74) is 3.21. The average molecular weight is 422 g/mol. The zero-order chi connectivity index (χ0) is 21.2. The molecule has 2 fully saturated rings. The molecule has 3 aliphatic rings. The van der Waals surface area contributed by atoms with Gasteiger partial charge in [0.1, 0.15) is 5.75 Å². The summed E-state index contributed by atoms with van der Waals surface area (Å²) in [6, 6.07) is 8.60. The van der Waals surface area contributed by atoms with Gasteiger partial charge in [-0.25, -0.2) is 9.97 Å². The third kappa shape index (κ3) is 4.43. The molecule has 1 saturated carbocycles. The highest BCUT2D eigenvalue weighted by molar-refractivity contribution is 5.78. The fourth-order valence-electron chi connectivity index (χ4n) is 4.77. The summed E-state index contributed by atoms with van der Waals surface area (Å²) >= 11 is 0. The van der Waals surface area contributed by atoms with Crippen molar-refractivity contribution in [1.29, 1.82) is 0 Å². The van der Waals surface area contributed by atoms with E-state index in [1.54, 1.807) is 7.11 Å². The molecular formula is C24H31N5O2. The average Bonchev–Trinajstić information content (AvgIpc) is 2.78. The summed E-state index contributed by atoms with van der Waals surface area (Å²) in [6.07, 6.45) is 6.82. The number of methoxy groups -OCH3 is 1. The normalized spacial score (nSPS) is 20.2. The van der Waals surface area contributed by atoms with Crippen LogP contribution in [0.2, 0.25) is 0 Å². The van der Waals surface area contributed by atoms with Crippen molar-refractivity contribution >= 4 is 5.91 Å². The van der Waals surface area contributed by atoms with Crippen LogP contribution >= 0.6 is 0 Å². The lowest BCUT2D eigenvalue weighted by Crippen LogP contribution is -2.55. The smallest absolute Gasteiger partial charge is 0.236 e. The van der Waals surface area contributed by atoms with Gasteiger partial charge in [0, 0.05) is 69.1 Å². The number of hydrogen-bond donors (Lipinski definition) is 0. The van der Waals surface area contributed by atoms with E-state index in [4.69, 9.17) is 9.72 Å². The van der Waals surface area contributed by atoms with Gasteiger partial charge in [-0.15, -0.1) is 0 Å². The molecule has 0 atom stereocenters. The summed E-state index contributed by atoms with van der Waals surface area (Å²) < 4.78 is 5.23. The van der Waals surface area contributed by atoms with Crippen LogP contribution in [-0.4, -0.2) is 83.0 Å². The van der Waals surface area contributed by atoms with Crippen LogP contribution in [0.4, 0.5) is 0 Å². The van der Waals surface area contributed by atoms with Gasteiger partial charge in [-0.1, -0.05) is 6.42 Å². The van der Waals surface area contributed by atoms with Crippen molar-refractivity contribution in [1.82, 2.24) is 24.7 Å². The number of amides is 1. The highest BCUT2D eigenvalue weighted by Gasteiger charge is 2.30. The predicted octanol–water partition coefficient (Wildman–Crippen LogP) is 2.21. The number of carbonyl (C=O) groups excluding carboxylic acids is 1. The monoisotopic (exact) mass is 421 g/mol. The second kappa shape index (κ2) is 8.93. The first-order valence-electron chi connectivity index (χ1n) is 11.4. The Morgan fingerprint density at radius 2 is 1.87 bits per heavy atom. The summed E-state index contributed by atoms with van der Waals surface area (Å²) in [5.74, 6) is 1.83. The zero-order valence-corrected chi connectivity index (χ0v) is 18.3. The Kier molecular flexibility index (Phi) is 5.87. The lowest BCUT2D eigenvalue weighted by molar-refractivity contribution is -0.135. The Bertz CT molecular complexity index is 920. The topological polar surface area (TPSA) is 61.8 Å². The van der Waals surface area contributed by atoms with E-state index < -0.39 is 0 Å². The molecule has 0 unspecified atom stereocenters. The lowest BCUT2D eigenvalue weighted by atomic mass is 9.91. The van der Waals surface area contributed by atoms with Gasteiger partial charge in [-0.2, -0.15) is 0 Å². The molecule has 31 heavy (non-hydrogen) atoms. The van der Waals surface area contributed by atoms with Gasteiger partial charge in [0.05, 0.1) is 19.3 Å². The zero-order valence-electron chi connectivity index (χ0n) is 18.3. The van der Waals surface area contributed by atoms with Crippen molar-refractivity contribution in [2.45, 2.75) is 38.3 Å². The maximum absolute atomic E-state index is 12.9. The second-order valence-corrected chi connectivity index (χ2v) is 8.86. The Hall–Kier alpha value is -2.51. The molecule has 2 aromatic rings. The van der Waals surface area contributed by atoms with Gasteiger partial charge in [0.25, 0.3) is 0 Å². The summed E-state index contributed by atoms with van der Waals surface area (Å²) in [6.45, 7) is 5.89. The molecule has 5 rings (SSSR count). The predicted molar refractivity (Wildman–Crippen MR) is 119 cm³/mol. The van der Waals surface area contributed by atoms with Crippen LogP contribution in [0.15, 0.2) is 30.5 Å². The van der Waals surface area contributed by atoms with Crippen molar-refractivity contribution < 1.29 is 9.53 Å². The van der Waals surface area contributed by atoms with Gasteiger partial charge in [0.15, 0.2) is 5.82 Å². The first-order valence-corrected chi connectivity index (χ1v) is 11.4. The van der Waals surface area contributed by atoms with Crippen LogP contribution in [0.1, 0.15) is 30.5 Å². The second-order valence-electron chi connectivity index (χ2n) is 8.86. The van der Waals surface area contributed by atoms with Crippen LogP contribution in [-0.2, 0) is 17.8 Å². The highest BCUT2D eigenvalue weighted by atomic mass is 16.5. The maximum Gasteiger partial charge on any atom is 0.236 e. The quantitative estimate of drug-likeness (QED) is 0.738. The van der Waals surface area contributed by atoms with Crippen molar-refractivity contribution in [3.05, 3.63) is 41.7 Å². The molecule has 3 heterocycles. The van der Waals surface area contributed by atoms with E-state index in [0.29, 0.717) is 6.54 Å². The number of piperazine rings is 1. The third-order valence-electron chi connectivity index (χ3n) is 6.98. The fraction of sp³-hybridized carbons (Fsp3) is 0.542. The van der Waals surface area contributed by atoms with Gasteiger partial charge in [-0.05, 0) is 37.1 Å². The molecule has 164 valence electrons.